The molecule has 2 N–H and O–H groups in total. The molecule has 0 unspecified atom stereocenters. The molecule has 2 nitrogen and oxygen atoms in total. The zero-order valence-corrected chi connectivity index (χ0v) is 11.4. The third kappa shape index (κ3) is 4.23. The molecule has 0 aliphatic heterocycles. The van der Waals surface area contributed by atoms with Crippen molar-refractivity contribution in [1.29, 1.82) is 0 Å². The van der Waals surface area contributed by atoms with Crippen LogP contribution in [0, 0.1) is 0 Å². The minimum absolute atomic E-state index is 0.119. The number of hydrogen-bond donors (Lipinski definition) is 1. The van der Waals surface area contributed by atoms with E-state index in [-0.39, 0.29) is 12.2 Å². The average Bonchev–Trinajstić information content (AvgIpc) is 2.46. The molecular weight excluding hydrogens is 279 g/mol. The van der Waals surface area contributed by atoms with E-state index < -0.39 is 11.7 Å². The first-order chi connectivity index (χ1) is 10.0. The van der Waals surface area contributed by atoms with E-state index in [1.165, 1.54) is 12.1 Å². The number of alkyl halides is 3. The minimum atomic E-state index is -4.37. The third-order valence-corrected chi connectivity index (χ3v) is 3.07. The van der Waals surface area contributed by atoms with Crippen LogP contribution in [-0.2, 0) is 19.2 Å². The Hall–Kier alpha value is -2.01. The highest BCUT2D eigenvalue weighted by molar-refractivity contribution is 5.31. The molecular formula is C16H16F3NO. The van der Waals surface area contributed by atoms with Crippen molar-refractivity contribution >= 4 is 0 Å². The van der Waals surface area contributed by atoms with Crippen LogP contribution in [0.25, 0.3) is 0 Å². The van der Waals surface area contributed by atoms with Gasteiger partial charge in [-0.2, -0.15) is 13.2 Å². The summed E-state index contributed by atoms with van der Waals surface area (Å²) in [6.45, 7) is 0.436. The van der Waals surface area contributed by atoms with Gasteiger partial charge in [-0.3, -0.25) is 0 Å². The molecule has 5 heteroatoms. The van der Waals surface area contributed by atoms with Crippen LogP contribution in [0.1, 0.15) is 16.7 Å². The lowest BCUT2D eigenvalue weighted by Gasteiger charge is -2.13. The fourth-order valence-corrected chi connectivity index (χ4v) is 2.00. The van der Waals surface area contributed by atoms with E-state index in [4.69, 9.17) is 10.5 Å². The van der Waals surface area contributed by atoms with Gasteiger partial charge in [-0.1, -0.05) is 30.3 Å². The first-order valence-electron chi connectivity index (χ1n) is 6.57. The summed E-state index contributed by atoms with van der Waals surface area (Å²) in [6, 6.07) is 12.6. The molecule has 0 heterocycles. The van der Waals surface area contributed by atoms with Crippen molar-refractivity contribution in [2.24, 2.45) is 5.73 Å². The molecule has 0 bridgehead atoms. The summed E-state index contributed by atoms with van der Waals surface area (Å²) in [5.41, 5.74) is 5.98. The topological polar surface area (TPSA) is 35.2 Å². The number of benzene rings is 2. The van der Waals surface area contributed by atoms with Gasteiger partial charge >= 0.3 is 6.18 Å². The number of ether oxygens (including phenoxy) is 1. The maximum absolute atomic E-state index is 12.8. The number of rotatable bonds is 5. The predicted octanol–water partition coefficient (Wildman–Crippen LogP) is 3.79. The van der Waals surface area contributed by atoms with Gasteiger partial charge in [0.05, 0.1) is 5.56 Å². The Morgan fingerprint density at radius 3 is 2.24 bits per heavy atom. The fourth-order valence-electron chi connectivity index (χ4n) is 2.00. The number of nitrogens with two attached hydrogens (primary N) is 1. The molecule has 0 aromatic heterocycles. The van der Waals surface area contributed by atoms with Crippen LogP contribution in [0.5, 0.6) is 5.75 Å². The Labute approximate surface area is 121 Å². The smallest absolute Gasteiger partial charge is 0.416 e. The molecule has 0 fully saturated rings. The van der Waals surface area contributed by atoms with Crippen molar-refractivity contribution < 1.29 is 17.9 Å². The molecule has 2 aromatic rings. The summed E-state index contributed by atoms with van der Waals surface area (Å²) in [5, 5.41) is 0. The third-order valence-electron chi connectivity index (χ3n) is 3.07. The molecule has 0 radical (unpaired) electrons. The summed E-state index contributed by atoms with van der Waals surface area (Å²) >= 11 is 0. The highest BCUT2D eigenvalue weighted by Crippen LogP contribution is 2.32. The zero-order valence-electron chi connectivity index (χ0n) is 11.4. The molecule has 0 amide bonds. The summed E-state index contributed by atoms with van der Waals surface area (Å²) in [4.78, 5) is 0. The molecule has 2 aromatic carbocycles. The second-order valence-corrected chi connectivity index (χ2v) is 4.63. The van der Waals surface area contributed by atoms with Crippen LogP contribution >= 0.6 is 0 Å². The minimum Gasteiger partial charge on any atom is -0.489 e. The van der Waals surface area contributed by atoms with Gasteiger partial charge in [0.1, 0.15) is 12.4 Å². The lowest BCUT2D eigenvalue weighted by Crippen LogP contribution is -2.10. The maximum Gasteiger partial charge on any atom is 0.416 e. The summed E-state index contributed by atoms with van der Waals surface area (Å²) < 4.78 is 44.0. The fraction of sp³-hybridized carbons (Fsp3) is 0.250. The maximum atomic E-state index is 12.8. The molecule has 21 heavy (non-hydrogen) atoms. The van der Waals surface area contributed by atoms with Gasteiger partial charge in [0, 0.05) is 5.56 Å². The van der Waals surface area contributed by atoms with E-state index in [9.17, 15) is 13.2 Å². The first kappa shape index (κ1) is 15.4. The SMILES string of the molecule is NCCc1ccc(OCc2ccccc2C(F)(F)F)cc1. The molecule has 0 aliphatic carbocycles. The normalized spacial score (nSPS) is 11.4. The molecule has 0 spiro atoms. The Morgan fingerprint density at radius 2 is 1.62 bits per heavy atom. The van der Waals surface area contributed by atoms with Crippen molar-refractivity contribution in [3.05, 3.63) is 65.2 Å². The highest BCUT2D eigenvalue weighted by atomic mass is 19.4. The predicted molar refractivity (Wildman–Crippen MR) is 75.0 cm³/mol. The molecule has 0 saturated heterocycles. The van der Waals surface area contributed by atoms with Crippen LogP contribution in [0.4, 0.5) is 13.2 Å². The van der Waals surface area contributed by atoms with E-state index in [0.29, 0.717) is 12.3 Å². The lowest BCUT2D eigenvalue weighted by atomic mass is 10.1. The average molecular weight is 295 g/mol. The van der Waals surface area contributed by atoms with Crippen molar-refractivity contribution in [3.8, 4) is 5.75 Å². The Balaban J connectivity index is 2.06. The molecule has 0 aliphatic rings. The first-order valence-corrected chi connectivity index (χ1v) is 6.57. The van der Waals surface area contributed by atoms with Gasteiger partial charge in [0.2, 0.25) is 0 Å². The van der Waals surface area contributed by atoms with Crippen LogP contribution in [0.3, 0.4) is 0 Å². The van der Waals surface area contributed by atoms with Gasteiger partial charge in [-0.15, -0.1) is 0 Å². The van der Waals surface area contributed by atoms with Gasteiger partial charge in [0.25, 0.3) is 0 Å². The largest absolute Gasteiger partial charge is 0.489 e. The van der Waals surface area contributed by atoms with E-state index in [1.807, 2.05) is 12.1 Å². The van der Waals surface area contributed by atoms with Crippen molar-refractivity contribution in [1.82, 2.24) is 0 Å². The lowest BCUT2D eigenvalue weighted by molar-refractivity contribution is -0.138. The standard InChI is InChI=1S/C16H16F3NO/c17-16(18,19)15-4-2-1-3-13(15)11-21-14-7-5-12(6-8-14)9-10-20/h1-8H,9-11,20H2. The van der Waals surface area contributed by atoms with Crippen molar-refractivity contribution in [3.63, 3.8) is 0 Å². The monoisotopic (exact) mass is 295 g/mol. The van der Waals surface area contributed by atoms with Crippen molar-refractivity contribution in [2.45, 2.75) is 19.2 Å². The quantitative estimate of drug-likeness (QED) is 0.911. The molecule has 2 rings (SSSR count). The van der Waals surface area contributed by atoms with Gasteiger partial charge in [0.15, 0.2) is 0 Å². The second-order valence-electron chi connectivity index (χ2n) is 4.63. The van der Waals surface area contributed by atoms with Crippen LogP contribution in [0.15, 0.2) is 48.5 Å². The summed E-state index contributed by atoms with van der Waals surface area (Å²) in [6.07, 6.45) is -3.61. The number of hydrogen-bond acceptors (Lipinski definition) is 2. The van der Waals surface area contributed by atoms with E-state index >= 15 is 0 Å². The van der Waals surface area contributed by atoms with Gasteiger partial charge in [-0.25, -0.2) is 0 Å². The summed E-state index contributed by atoms with van der Waals surface area (Å²) in [5.74, 6) is 0.535. The van der Waals surface area contributed by atoms with Gasteiger partial charge < -0.3 is 10.5 Å². The zero-order chi connectivity index (χ0) is 15.3. The summed E-state index contributed by atoms with van der Waals surface area (Å²) in [7, 11) is 0. The highest BCUT2D eigenvalue weighted by Gasteiger charge is 2.32. The molecule has 112 valence electrons. The second kappa shape index (κ2) is 6.63. The van der Waals surface area contributed by atoms with E-state index in [2.05, 4.69) is 0 Å². The molecule has 0 atom stereocenters. The van der Waals surface area contributed by atoms with Crippen molar-refractivity contribution in [2.75, 3.05) is 6.54 Å². The van der Waals surface area contributed by atoms with E-state index in [0.717, 1.165) is 18.1 Å². The van der Waals surface area contributed by atoms with Crippen LogP contribution in [0.2, 0.25) is 0 Å². The number of halogens is 3. The van der Waals surface area contributed by atoms with E-state index in [1.54, 1.807) is 18.2 Å². The molecule has 0 saturated carbocycles. The van der Waals surface area contributed by atoms with Crippen LogP contribution < -0.4 is 10.5 Å². The Morgan fingerprint density at radius 1 is 0.952 bits per heavy atom. The van der Waals surface area contributed by atoms with Gasteiger partial charge in [-0.05, 0) is 36.7 Å². The Kier molecular flexibility index (Phi) is 4.85. The van der Waals surface area contributed by atoms with Crippen LogP contribution in [-0.4, -0.2) is 6.54 Å². The Bertz CT molecular complexity index is 579.